The number of aromatic hydroxyl groups is 1. The Morgan fingerprint density at radius 2 is 1.75 bits per heavy atom. The summed E-state index contributed by atoms with van der Waals surface area (Å²) < 4.78 is 5.40. The minimum Gasteiger partial charge on any atom is -0.508 e. The number of carbonyl (C=O) groups is 4. The molecule has 0 unspecified atom stereocenters. The van der Waals surface area contributed by atoms with Crippen molar-refractivity contribution in [1.82, 2.24) is 10.3 Å². The molecule has 11 heteroatoms. The second-order valence-corrected chi connectivity index (χ2v) is 12.5. The minimum atomic E-state index is -1.47. The number of allylic oxidation sites excluding steroid dienone is 2. The Hall–Kier alpha value is -4.34. The highest BCUT2D eigenvalue weighted by Crippen LogP contribution is 2.64. The van der Waals surface area contributed by atoms with Gasteiger partial charge in [0.2, 0.25) is 11.8 Å². The van der Waals surface area contributed by atoms with Crippen molar-refractivity contribution in [2.75, 3.05) is 12.5 Å². The predicted octanol–water partition coefficient (Wildman–Crippen LogP) is 4.98. The van der Waals surface area contributed by atoms with Crippen LogP contribution in [0.4, 0.5) is 5.69 Å². The van der Waals surface area contributed by atoms with E-state index in [-0.39, 0.29) is 29.0 Å². The van der Waals surface area contributed by atoms with Crippen molar-refractivity contribution < 1.29 is 29.0 Å². The van der Waals surface area contributed by atoms with E-state index in [1.165, 1.54) is 12.1 Å². The van der Waals surface area contributed by atoms with E-state index < -0.39 is 46.8 Å². The van der Waals surface area contributed by atoms with Crippen LogP contribution in [0.1, 0.15) is 29.9 Å². The first-order chi connectivity index (χ1) is 21.1. The second kappa shape index (κ2) is 10.4. The molecule has 3 aromatic carbocycles. The highest BCUT2D eigenvalue weighted by Gasteiger charge is 2.70. The number of methoxy groups -OCH3 is 1. The van der Waals surface area contributed by atoms with Gasteiger partial charge in [-0.15, -0.1) is 0 Å². The number of amides is 4. The average Bonchev–Trinajstić information content (AvgIpc) is 3.42. The number of nitrogens with zero attached hydrogens (tertiary/aromatic N) is 1. The van der Waals surface area contributed by atoms with Crippen LogP contribution >= 0.6 is 23.2 Å². The SMILES string of the molecule is COc1ccc([C@@]23C(=O)N(Nc4ccc(Cl)cc4Cl)C(=O)[C@@H]2C[C@@H]2C(=CC[C@@H]4C(=O)NC(=O)[C@@H]42)[C@@H]3c2cccc(O)c2)cc1. The summed E-state index contributed by atoms with van der Waals surface area (Å²) in [6, 6.07) is 18.4. The number of hydrogen-bond acceptors (Lipinski definition) is 7. The van der Waals surface area contributed by atoms with Crippen LogP contribution in [0.3, 0.4) is 0 Å². The molecule has 2 heterocycles. The lowest BCUT2D eigenvalue weighted by Crippen LogP contribution is -2.53. The number of hydrazine groups is 1. The van der Waals surface area contributed by atoms with Crippen molar-refractivity contribution in [3.05, 3.63) is 99.6 Å². The van der Waals surface area contributed by atoms with Crippen molar-refractivity contribution in [2.24, 2.45) is 23.7 Å². The van der Waals surface area contributed by atoms with E-state index in [1.54, 1.807) is 55.6 Å². The van der Waals surface area contributed by atoms with Gasteiger partial charge in [-0.2, -0.15) is 5.01 Å². The first-order valence-corrected chi connectivity index (χ1v) is 15.0. The largest absolute Gasteiger partial charge is 0.508 e. The maximum Gasteiger partial charge on any atom is 0.260 e. The van der Waals surface area contributed by atoms with Crippen LogP contribution < -0.4 is 15.5 Å². The normalized spacial score (nSPS) is 29.0. The molecule has 3 N–H and O–H groups in total. The zero-order valence-electron chi connectivity index (χ0n) is 23.4. The Labute approximate surface area is 262 Å². The van der Waals surface area contributed by atoms with Crippen molar-refractivity contribution in [2.45, 2.75) is 24.2 Å². The standard InChI is InChI=1S/C33H27Cl2N3O6/c1-44-20-8-5-17(6-9-20)33-24(31(42)38(32(33)43)37-26-12-7-18(34)14-25(26)35)15-23-21(28(33)16-3-2-4-19(39)13-16)10-11-22-27(23)30(41)36-29(22)40/h2-10,12-14,22-24,27-28,37,39H,11,15H2,1H3,(H,36,40,41)/t22-,23+,24-,27-,28-,33+/m0/s1. The molecule has 7 rings (SSSR count). The van der Waals surface area contributed by atoms with E-state index >= 15 is 4.79 Å². The number of halogens is 2. The fourth-order valence-corrected chi connectivity index (χ4v) is 8.28. The number of nitrogens with one attached hydrogen (secondary N) is 2. The third-order valence-electron chi connectivity index (χ3n) is 9.63. The van der Waals surface area contributed by atoms with Crippen LogP contribution in [0, 0.1) is 23.7 Å². The van der Waals surface area contributed by atoms with Gasteiger partial charge in [0.05, 0.1) is 41.0 Å². The van der Waals surface area contributed by atoms with Gasteiger partial charge in [0.25, 0.3) is 11.8 Å². The summed E-state index contributed by atoms with van der Waals surface area (Å²) in [5.41, 5.74) is 3.77. The Balaban J connectivity index is 1.47. The van der Waals surface area contributed by atoms with Gasteiger partial charge in [0.1, 0.15) is 11.5 Å². The number of imide groups is 2. The molecule has 0 radical (unpaired) electrons. The number of fused-ring (bicyclic) bond motifs is 4. The molecule has 3 aromatic rings. The Morgan fingerprint density at radius 3 is 2.45 bits per heavy atom. The summed E-state index contributed by atoms with van der Waals surface area (Å²) in [7, 11) is 1.54. The number of carbonyl (C=O) groups excluding carboxylic acids is 4. The van der Waals surface area contributed by atoms with Crippen molar-refractivity contribution >= 4 is 52.5 Å². The number of rotatable bonds is 5. The molecule has 4 aliphatic rings. The zero-order chi connectivity index (χ0) is 30.9. The van der Waals surface area contributed by atoms with E-state index in [2.05, 4.69) is 10.7 Å². The molecular weight excluding hydrogens is 605 g/mol. The van der Waals surface area contributed by atoms with Gasteiger partial charge in [0.15, 0.2) is 0 Å². The lowest BCUT2D eigenvalue weighted by Gasteiger charge is -2.50. The number of anilines is 1. The third kappa shape index (κ3) is 4.06. The highest BCUT2D eigenvalue weighted by atomic mass is 35.5. The van der Waals surface area contributed by atoms with Gasteiger partial charge >= 0.3 is 0 Å². The molecule has 2 aliphatic heterocycles. The number of hydrogen-bond donors (Lipinski definition) is 3. The van der Waals surface area contributed by atoms with E-state index in [0.29, 0.717) is 34.0 Å². The molecule has 6 atom stereocenters. The summed E-state index contributed by atoms with van der Waals surface area (Å²) in [6.07, 6.45) is 2.42. The molecule has 224 valence electrons. The topological polar surface area (TPSA) is 125 Å². The first kappa shape index (κ1) is 28.4. The van der Waals surface area contributed by atoms with Crippen molar-refractivity contribution in [3.63, 3.8) is 0 Å². The highest BCUT2D eigenvalue weighted by molar-refractivity contribution is 6.36. The molecule has 44 heavy (non-hydrogen) atoms. The molecule has 4 amide bonds. The summed E-state index contributed by atoms with van der Waals surface area (Å²) >= 11 is 12.6. The van der Waals surface area contributed by atoms with Crippen LogP contribution in [0.5, 0.6) is 11.5 Å². The molecule has 1 saturated carbocycles. The molecule has 9 nitrogen and oxygen atoms in total. The van der Waals surface area contributed by atoms with Gasteiger partial charge in [0, 0.05) is 10.9 Å². The first-order valence-electron chi connectivity index (χ1n) is 14.2. The fourth-order valence-electron chi connectivity index (χ4n) is 7.83. The Kier molecular flexibility index (Phi) is 6.71. The lowest BCUT2D eigenvalue weighted by atomic mass is 9.49. The lowest BCUT2D eigenvalue weighted by molar-refractivity contribution is -0.138. The smallest absolute Gasteiger partial charge is 0.260 e. The molecule has 3 fully saturated rings. The number of ether oxygens (including phenoxy) is 1. The molecule has 0 bridgehead atoms. The van der Waals surface area contributed by atoms with E-state index in [9.17, 15) is 19.5 Å². The summed E-state index contributed by atoms with van der Waals surface area (Å²) in [5, 5.41) is 14.7. The monoisotopic (exact) mass is 631 g/mol. The fraction of sp³-hybridized carbons (Fsp3) is 0.273. The van der Waals surface area contributed by atoms with Crippen LogP contribution in [-0.2, 0) is 24.6 Å². The van der Waals surface area contributed by atoms with Crippen molar-refractivity contribution in [3.8, 4) is 11.5 Å². The van der Waals surface area contributed by atoms with Crippen LogP contribution in [0.25, 0.3) is 0 Å². The Bertz CT molecular complexity index is 1780. The molecule has 0 aromatic heterocycles. The number of phenols is 1. The number of phenolic OH excluding ortho intramolecular Hbond substituents is 1. The van der Waals surface area contributed by atoms with Crippen LogP contribution in [-0.4, -0.2) is 40.9 Å². The minimum absolute atomic E-state index is 0.00572. The zero-order valence-corrected chi connectivity index (χ0v) is 24.9. The van der Waals surface area contributed by atoms with Crippen molar-refractivity contribution in [1.29, 1.82) is 0 Å². The van der Waals surface area contributed by atoms with Gasteiger partial charge < -0.3 is 9.84 Å². The van der Waals surface area contributed by atoms with E-state index in [0.717, 1.165) is 10.6 Å². The maximum absolute atomic E-state index is 15.0. The molecule has 0 spiro atoms. The molecule has 2 saturated heterocycles. The maximum atomic E-state index is 15.0. The van der Waals surface area contributed by atoms with E-state index in [4.69, 9.17) is 27.9 Å². The third-order valence-corrected chi connectivity index (χ3v) is 10.2. The van der Waals surface area contributed by atoms with Gasteiger partial charge in [-0.1, -0.05) is 59.1 Å². The van der Waals surface area contributed by atoms with Gasteiger partial charge in [-0.3, -0.25) is 29.9 Å². The molecular formula is C33H27Cl2N3O6. The van der Waals surface area contributed by atoms with Crippen LogP contribution in [0.15, 0.2) is 78.4 Å². The second-order valence-electron chi connectivity index (χ2n) is 11.7. The van der Waals surface area contributed by atoms with E-state index in [1.807, 2.05) is 12.1 Å². The quantitative estimate of drug-likeness (QED) is 0.268. The van der Waals surface area contributed by atoms with Crippen LogP contribution in [0.2, 0.25) is 10.0 Å². The summed E-state index contributed by atoms with van der Waals surface area (Å²) in [4.78, 5) is 55.4. The molecule has 2 aliphatic carbocycles. The summed E-state index contributed by atoms with van der Waals surface area (Å²) in [6.45, 7) is 0. The van der Waals surface area contributed by atoms with Gasteiger partial charge in [-0.25, -0.2) is 0 Å². The number of benzene rings is 3. The predicted molar refractivity (Wildman–Crippen MR) is 162 cm³/mol. The summed E-state index contributed by atoms with van der Waals surface area (Å²) in [5.74, 6) is -4.53. The average molecular weight is 633 g/mol. The van der Waals surface area contributed by atoms with Gasteiger partial charge in [-0.05, 0) is 72.4 Å². The Morgan fingerprint density at radius 1 is 0.977 bits per heavy atom.